The summed E-state index contributed by atoms with van der Waals surface area (Å²) in [5.74, 6) is 5.68. The van der Waals surface area contributed by atoms with Gasteiger partial charge in [-0.1, -0.05) is 29.8 Å². The minimum atomic E-state index is -0.196. The van der Waals surface area contributed by atoms with Crippen LogP contribution < -0.4 is 11.3 Å². The largest absolute Gasteiger partial charge is 0.271 e. The number of halogens is 1. The molecule has 3 nitrogen and oxygen atoms in total. The number of nitrogens with one attached hydrogen (secondary N) is 1. The number of benzene rings is 1. The molecular weight excluding hydrogens is 246 g/mol. The van der Waals surface area contributed by atoms with E-state index in [9.17, 15) is 0 Å². The lowest BCUT2D eigenvalue weighted by molar-refractivity contribution is 0.617. The molecule has 1 atom stereocenters. The molecule has 0 aliphatic heterocycles. The lowest BCUT2D eigenvalue weighted by Crippen LogP contribution is -2.30. The van der Waals surface area contributed by atoms with Gasteiger partial charge in [0.15, 0.2) is 0 Å². The summed E-state index contributed by atoms with van der Waals surface area (Å²) < 4.78 is 0. The summed E-state index contributed by atoms with van der Waals surface area (Å²) in [7, 11) is 0. The first-order valence-corrected chi connectivity index (χ1v) is 6.15. The number of hydrazine groups is 1. The van der Waals surface area contributed by atoms with Gasteiger partial charge >= 0.3 is 0 Å². The van der Waals surface area contributed by atoms with Crippen molar-refractivity contribution in [1.82, 2.24) is 10.4 Å². The first-order valence-electron chi connectivity index (χ1n) is 5.77. The Morgan fingerprint density at radius 3 is 2.67 bits per heavy atom. The van der Waals surface area contributed by atoms with Crippen LogP contribution in [-0.2, 0) is 0 Å². The van der Waals surface area contributed by atoms with Crippen molar-refractivity contribution in [3.05, 3.63) is 63.9 Å². The van der Waals surface area contributed by atoms with E-state index in [1.54, 1.807) is 6.20 Å². The second-order valence-corrected chi connectivity index (χ2v) is 4.67. The van der Waals surface area contributed by atoms with Crippen molar-refractivity contribution in [2.24, 2.45) is 5.84 Å². The highest BCUT2D eigenvalue weighted by molar-refractivity contribution is 6.31. The molecule has 3 N–H and O–H groups in total. The van der Waals surface area contributed by atoms with Crippen molar-refractivity contribution >= 4 is 11.6 Å². The Bertz CT molecular complexity index is 554. The third-order valence-corrected chi connectivity index (χ3v) is 3.50. The molecular formula is C14H16ClN3. The summed E-state index contributed by atoms with van der Waals surface area (Å²) in [6.45, 7) is 4.15. The van der Waals surface area contributed by atoms with Crippen LogP contribution >= 0.6 is 11.6 Å². The van der Waals surface area contributed by atoms with Gasteiger partial charge in [0.1, 0.15) is 0 Å². The van der Waals surface area contributed by atoms with Crippen molar-refractivity contribution in [2.45, 2.75) is 19.9 Å². The molecule has 1 aromatic carbocycles. The van der Waals surface area contributed by atoms with Crippen molar-refractivity contribution < 1.29 is 0 Å². The van der Waals surface area contributed by atoms with Crippen LogP contribution in [-0.4, -0.2) is 4.98 Å². The van der Waals surface area contributed by atoms with Crippen LogP contribution in [0.5, 0.6) is 0 Å². The maximum absolute atomic E-state index is 6.18. The zero-order valence-electron chi connectivity index (χ0n) is 10.4. The number of hydrogen-bond acceptors (Lipinski definition) is 3. The van der Waals surface area contributed by atoms with Crippen LogP contribution in [0.15, 0.2) is 36.5 Å². The van der Waals surface area contributed by atoms with E-state index in [0.29, 0.717) is 5.02 Å². The highest BCUT2D eigenvalue weighted by atomic mass is 35.5. The predicted octanol–water partition coefficient (Wildman–Crippen LogP) is 2.90. The van der Waals surface area contributed by atoms with Gasteiger partial charge < -0.3 is 0 Å². The van der Waals surface area contributed by atoms with Gasteiger partial charge in [0.2, 0.25) is 0 Å². The molecule has 2 rings (SSSR count). The Morgan fingerprint density at radius 2 is 2.00 bits per heavy atom. The van der Waals surface area contributed by atoms with Gasteiger partial charge in [0.25, 0.3) is 0 Å². The molecule has 4 heteroatoms. The average Bonchev–Trinajstić information content (AvgIpc) is 2.37. The number of aromatic nitrogens is 1. The van der Waals surface area contributed by atoms with Gasteiger partial charge in [0.05, 0.1) is 16.8 Å². The van der Waals surface area contributed by atoms with E-state index < -0.39 is 0 Å². The van der Waals surface area contributed by atoms with Crippen LogP contribution in [0, 0.1) is 13.8 Å². The molecule has 0 saturated carbocycles. The summed E-state index contributed by atoms with van der Waals surface area (Å²) >= 11 is 6.18. The Hall–Kier alpha value is -1.42. The molecule has 1 aromatic heterocycles. The summed E-state index contributed by atoms with van der Waals surface area (Å²) in [5, 5.41) is 0.612. The number of rotatable bonds is 3. The minimum absolute atomic E-state index is 0.196. The third-order valence-electron chi connectivity index (χ3n) is 3.18. The zero-order valence-corrected chi connectivity index (χ0v) is 11.2. The maximum Gasteiger partial charge on any atom is 0.0899 e. The fourth-order valence-electron chi connectivity index (χ4n) is 2.01. The second-order valence-electron chi connectivity index (χ2n) is 4.26. The third kappa shape index (κ3) is 2.38. The lowest BCUT2D eigenvalue weighted by atomic mass is 9.95. The van der Waals surface area contributed by atoms with Crippen molar-refractivity contribution in [3.63, 3.8) is 0 Å². The molecule has 0 bridgehead atoms. The Balaban J connectivity index is 2.53. The molecule has 1 unspecified atom stereocenters. The van der Waals surface area contributed by atoms with Crippen molar-refractivity contribution in [1.29, 1.82) is 0 Å². The van der Waals surface area contributed by atoms with Gasteiger partial charge in [0, 0.05) is 6.20 Å². The minimum Gasteiger partial charge on any atom is -0.271 e. The van der Waals surface area contributed by atoms with Crippen LogP contribution in [0.25, 0.3) is 0 Å². The van der Waals surface area contributed by atoms with E-state index >= 15 is 0 Å². The van der Waals surface area contributed by atoms with E-state index in [2.05, 4.69) is 30.3 Å². The normalized spacial score (nSPS) is 12.4. The number of nitrogens with two attached hydrogens (primary N) is 1. The fraction of sp³-hybridized carbons (Fsp3) is 0.214. The first kappa shape index (κ1) is 13.0. The molecule has 1 heterocycles. The Morgan fingerprint density at radius 1 is 1.22 bits per heavy atom. The topological polar surface area (TPSA) is 50.9 Å². The average molecular weight is 262 g/mol. The Labute approximate surface area is 112 Å². The quantitative estimate of drug-likeness (QED) is 0.660. The van der Waals surface area contributed by atoms with Crippen LogP contribution in [0.3, 0.4) is 0 Å². The molecule has 94 valence electrons. The summed E-state index contributed by atoms with van der Waals surface area (Å²) in [6.07, 6.45) is 1.72. The van der Waals surface area contributed by atoms with Crippen LogP contribution in [0.2, 0.25) is 5.02 Å². The highest BCUT2D eigenvalue weighted by Gasteiger charge is 2.18. The van der Waals surface area contributed by atoms with Gasteiger partial charge in [-0.25, -0.2) is 5.43 Å². The zero-order chi connectivity index (χ0) is 13.1. The molecule has 0 radical (unpaired) electrons. The van der Waals surface area contributed by atoms with E-state index in [4.69, 9.17) is 17.4 Å². The summed E-state index contributed by atoms with van der Waals surface area (Å²) in [4.78, 5) is 4.32. The van der Waals surface area contributed by atoms with Gasteiger partial charge in [-0.05, 0) is 42.7 Å². The van der Waals surface area contributed by atoms with E-state index in [-0.39, 0.29) is 6.04 Å². The van der Waals surface area contributed by atoms with Crippen molar-refractivity contribution in [3.8, 4) is 0 Å². The van der Waals surface area contributed by atoms with Crippen LogP contribution in [0.1, 0.15) is 28.4 Å². The predicted molar refractivity (Wildman–Crippen MR) is 74.3 cm³/mol. The lowest BCUT2D eigenvalue weighted by Gasteiger charge is -2.20. The smallest absolute Gasteiger partial charge is 0.0899 e. The van der Waals surface area contributed by atoms with E-state index in [1.165, 1.54) is 11.1 Å². The summed E-state index contributed by atoms with van der Waals surface area (Å²) in [6, 6.07) is 9.56. The molecule has 2 aromatic rings. The molecule has 0 spiro atoms. The highest BCUT2D eigenvalue weighted by Crippen LogP contribution is 2.28. The van der Waals surface area contributed by atoms with E-state index in [0.717, 1.165) is 11.3 Å². The molecule has 0 amide bonds. The van der Waals surface area contributed by atoms with Crippen molar-refractivity contribution in [2.75, 3.05) is 0 Å². The maximum atomic E-state index is 6.18. The number of pyridine rings is 1. The SMILES string of the molecule is Cc1cccc(C(NN)c2ncccc2Cl)c1C. The number of hydrogen-bond donors (Lipinski definition) is 2. The summed E-state index contributed by atoms with van der Waals surface area (Å²) in [5.41, 5.74) is 7.06. The van der Waals surface area contributed by atoms with Crippen LogP contribution in [0.4, 0.5) is 0 Å². The number of nitrogens with zero attached hydrogens (tertiary/aromatic N) is 1. The molecule has 18 heavy (non-hydrogen) atoms. The first-order chi connectivity index (χ1) is 8.65. The second kappa shape index (κ2) is 5.48. The molecule has 0 fully saturated rings. The molecule has 0 aliphatic rings. The molecule has 0 aliphatic carbocycles. The standard InChI is InChI=1S/C14H16ClN3/c1-9-5-3-6-11(10(9)2)13(18-16)14-12(15)7-4-8-17-14/h3-8,13,18H,16H2,1-2H3. The monoisotopic (exact) mass is 261 g/mol. The van der Waals surface area contributed by atoms with E-state index in [1.807, 2.05) is 24.3 Å². The van der Waals surface area contributed by atoms with Gasteiger partial charge in [-0.2, -0.15) is 0 Å². The molecule has 0 saturated heterocycles. The van der Waals surface area contributed by atoms with Gasteiger partial charge in [-0.15, -0.1) is 0 Å². The fourth-order valence-corrected chi connectivity index (χ4v) is 2.24. The Kier molecular flexibility index (Phi) is 3.97. The number of aryl methyl sites for hydroxylation is 1. The van der Waals surface area contributed by atoms with Gasteiger partial charge in [-0.3, -0.25) is 10.8 Å².